The molecule has 0 radical (unpaired) electrons. The largest absolute Gasteiger partial charge is 0.493 e. The first-order valence-corrected chi connectivity index (χ1v) is 9.87. The summed E-state index contributed by atoms with van der Waals surface area (Å²) < 4.78 is 15.8. The van der Waals surface area contributed by atoms with Crippen molar-refractivity contribution < 1.29 is 23.8 Å². The Kier molecular flexibility index (Phi) is 6.95. The molecule has 0 aliphatic carbocycles. The first-order valence-electron chi connectivity index (χ1n) is 9.87. The number of aryl methyl sites for hydroxylation is 1. The predicted molar refractivity (Wildman–Crippen MR) is 114 cm³/mol. The number of nitrogens with zero attached hydrogens (tertiary/aromatic N) is 1. The van der Waals surface area contributed by atoms with E-state index in [9.17, 15) is 9.59 Å². The Morgan fingerprint density at radius 2 is 1.73 bits per heavy atom. The van der Waals surface area contributed by atoms with E-state index >= 15 is 0 Å². The zero-order valence-corrected chi connectivity index (χ0v) is 17.9. The molecule has 2 aromatic rings. The third-order valence-corrected chi connectivity index (χ3v) is 5.38. The fourth-order valence-electron chi connectivity index (χ4n) is 3.77. The standard InChI is InChI=1S/C23H28N2O5/c1-15-5-7-17(8-6-15)24-22(26)14-25-10-9-16-11-20(28-2)21(29-3)12-18(16)19(25)13-23(27)30-4/h5-8,11-12,19H,9-10,13-14H2,1-4H3,(H,24,26)/t19-/m0/s1. The fraction of sp³-hybridized carbons (Fsp3) is 0.391. The van der Waals surface area contributed by atoms with Gasteiger partial charge in [0, 0.05) is 18.3 Å². The van der Waals surface area contributed by atoms with Crippen LogP contribution in [0.5, 0.6) is 11.5 Å². The van der Waals surface area contributed by atoms with Crippen molar-refractivity contribution in [1.82, 2.24) is 4.90 Å². The van der Waals surface area contributed by atoms with Crippen LogP contribution in [0.15, 0.2) is 36.4 Å². The van der Waals surface area contributed by atoms with E-state index in [0.717, 1.165) is 28.8 Å². The van der Waals surface area contributed by atoms with Gasteiger partial charge in [-0.1, -0.05) is 17.7 Å². The van der Waals surface area contributed by atoms with Crippen LogP contribution >= 0.6 is 0 Å². The monoisotopic (exact) mass is 412 g/mol. The van der Waals surface area contributed by atoms with Crippen LogP contribution in [0, 0.1) is 6.92 Å². The highest BCUT2D eigenvalue weighted by Crippen LogP contribution is 2.39. The summed E-state index contributed by atoms with van der Waals surface area (Å²) in [7, 11) is 4.55. The summed E-state index contributed by atoms with van der Waals surface area (Å²) in [6.07, 6.45) is 0.891. The zero-order valence-electron chi connectivity index (χ0n) is 17.9. The first-order chi connectivity index (χ1) is 14.4. The van der Waals surface area contributed by atoms with Crippen LogP contribution in [-0.2, 0) is 20.7 Å². The van der Waals surface area contributed by atoms with Crippen molar-refractivity contribution in [3.8, 4) is 11.5 Å². The molecule has 1 amide bonds. The van der Waals surface area contributed by atoms with E-state index in [4.69, 9.17) is 14.2 Å². The molecule has 7 nitrogen and oxygen atoms in total. The Morgan fingerprint density at radius 1 is 1.07 bits per heavy atom. The van der Waals surface area contributed by atoms with E-state index in [1.807, 2.05) is 48.2 Å². The zero-order chi connectivity index (χ0) is 21.7. The van der Waals surface area contributed by atoms with E-state index in [0.29, 0.717) is 18.0 Å². The molecular weight excluding hydrogens is 384 g/mol. The molecular formula is C23H28N2O5. The Balaban J connectivity index is 1.84. The number of hydrogen-bond donors (Lipinski definition) is 1. The van der Waals surface area contributed by atoms with Crippen LogP contribution in [0.25, 0.3) is 0 Å². The minimum Gasteiger partial charge on any atom is -0.493 e. The summed E-state index contributed by atoms with van der Waals surface area (Å²) in [4.78, 5) is 26.8. The smallest absolute Gasteiger partial charge is 0.307 e. The van der Waals surface area contributed by atoms with Gasteiger partial charge in [-0.3, -0.25) is 14.5 Å². The number of esters is 1. The Morgan fingerprint density at radius 3 is 2.37 bits per heavy atom. The van der Waals surface area contributed by atoms with E-state index in [1.54, 1.807) is 14.2 Å². The van der Waals surface area contributed by atoms with E-state index in [1.165, 1.54) is 7.11 Å². The maximum absolute atomic E-state index is 12.7. The summed E-state index contributed by atoms with van der Waals surface area (Å²) in [5.74, 6) is 0.792. The molecule has 0 saturated heterocycles. The molecule has 2 aromatic carbocycles. The second kappa shape index (κ2) is 9.63. The predicted octanol–water partition coefficient (Wildman–Crippen LogP) is 3.11. The SMILES string of the molecule is COC(=O)C[C@H]1c2cc(OC)c(OC)cc2CCN1CC(=O)Nc1ccc(C)cc1. The number of nitrogens with one attached hydrogen (secondary N) is 1. The number of amides is 1. The van der Waals surface area contributed by atoms with Crippen molar-refractivity contribution in [2.75, 3.05) is 39.7 Å². The van der Waals surface area contributed by atoms with Gasteiger partial charge in [0.1, 0.15) is 0 Å². The van der Waals surface area contributed by atoms with Crippen LogP contribution in [0.4, 0.5) is 5.69 Å². The highest BCUT2D eigenvalue weighted by atomic mass is 16.5. The van der Waals surface area contributed by atoms with Gasteiger partial charge < -0.3 is 19.5 Å². The van der Waals surface area contributed by atoms with Crippen LogP contribution in [0.2, 0.25) is 0 Å². The molecule has 0 aromatic heterocycles. The number of rotatable bonds is 7. The summed E-state index contributed by atoms with van der Waals surface area (Å²) >= 11 is 0. The third kappa shape index (κ3) is 4.91. The lowest BCUT2D eigenvalue weighted by Gasteiger charge is -2.36. The molecule has 0 bridgehead atoms. The van der Waals surface area contributed by atoms with Gasteiger partial charge in [0.05, 0.1) is 34.3 Å². The van der Waals surface area contributed by atoms with Crippen molar-refractivity contribution in [2.24, 2.45) is 0 Å². The number of hydrogen-bond acceptors (Lipinski definition) is 6. The minimum atomic E-state index is -0.327. The van der Waals surface area contributed by atoms with Crippen molar-refractivity contribution in [3.63, 3.8) is 0 Å². The van der Waals surface area contributed by atoms with Crippen LogP contribution in [0.3, 0.4) is 0 Å². The fourth-order valence-corrected chi connectivity index (χ4v) is 3.77. The van der Waals surface area contributed by atoms with E-state index in [-0.39, 0.29) is 30.9 Å². The molecule has 30 heavy (non-hydrogen) atoms. The van der Waals surface area contributed by atoms with E-state index in [2.05, 4.69) is 5.32 Å². The Bertz CT molecular complexity index is 911. The summed E-state index contributed by atoms with van der Waals surface area (Å²) in [5, 5.41) is 2.93. The molecule has 0 fully saturated rings. The van der Waals surface area contributed by atoms with Gasteiger partial charge in [0.15, 0.2) is 11.5 Å². The number of anilines is 1. The second-order valence-electron chi connectivity index (χ2n) is 7.34. The molecule has 7 heteroatoms. The average Bonchev–Trinajstić information content (AvgIpc) is 2.75. The second-order valence-corrected chi connectivity index (χ2v) is 7.34. The van der Waals surface area contributed by atoms with Gasteiger partial charge in [0.2, 0.25) is 5.91 Å². The Labute approximate surface area is 176 Å². The number of ether oxygens (including phenoxy) is 3. The first kappa shape index (κ1) is 21.6. The van der Waals surface area contributed by atoms with Crippen molar-refractivity contribution in [1.29, 1.82) is 0 Å². The normalized spacial score (nSPS) is 15.8. The highest BCUT2D eigenvalue weighted by Gasteiger charge is 2.32. The maximum Gasteiger partial charge on any atom is 0.307 e. The van der Waals surface area contributed by atoms with Crippen LogP contribution < -0.4 is 14.8 Å². The highest BCUT2D eigenvalue weighted by molar-refractivity contribution is 5.92. The summed E-state index contributed by atoms with van der Waals surface area (Å²) in [5.41, 5.74) is 3.91. The molecule has 1 atom stereocenters. The average molecular weight is 412 g/mol. The van der Waals surface area contributed by atoms with Crippen molar-refractivity contribution >= 4 is 17.6 Å². The van der Waals surface area contributed by atoms with Crippen molar-refractivity contribution in [2.45, 2.75) is 25.8 Å². The van der Waals surface area contributed by atoms with Crippen LogP contribution in [0.1, 0.15) is 29.2 Å². The van der Waals surface area contributed by atoms with Crippen molar-refractivity contribution in [3.05, 3.63) is 53.1 Å². The number of fused-ring (bicyclic) bond motifs is 1. The Hall–Kier alpha value is -3.06. The lowest BCUT2D eigenvalue weighted by molar-refractivity contribution is -0.142. The van der Waals surface area contributed by atoms with Gasteiger partial charge >= 0.3 is 5.97 Å². The molecule has 160 valence electrons. The maximum atomic E-state index is 12.7. The number of carbonyl (C=O) groups is 2. The summed E-state index contributed by atoms with van der Waals surface area (Å²) in [6, 6.07) is 11.2. The molecule has 1 aliphatic rings. The molecule has 1 heterocycles. The molecule has 3 rings (SSSR count). The van der Waals surface area contributed by atoms with Gasteiger partial charge in [0.25, 0.3) is 0 Å². The number of carbonyl (C=O) groups excluding carboxylic acids is 2. The van der Waals surface area contributed by atoms with Crippen LogP contribution in [-0.4, -0.2) is 51.2 Å². The minimum absolute atomic E-state index is 0.127. The molecule has 0 saturated carbocycles. The van der Waals surface area contributed by atoms with Gasteiger partial charge in [-0.2, -0.15) is 0 Å². The summed E-state index contributed by atoms with van der Waals surface area (Å²) in [6.45, 7) is 2.81. The molecule has 0 unspecified atom stereocenters. The molecule has 1 N–H and O–H groups in total. The van der Waals surface area contributed by atoms with Gasteiger partial charge in [-0.05, 0) is 48.7 Å². The molecule has 1 aliphatic heterocycles. The number of methoxy groups -OCH3 is 3. The number of benzene rings is 2. The molecule has 0 spiro atoms. The quantitative estimate of drug-likeness (QED) is 0.704. The lowest BCUT2D eigenvalue weighted by atomic mass is 9.90. The topological polar surface area (TPSA) is 77.1 Å². The third-order valence-electron chi connectivity index (χ3n) is 5.38. The van der Waals surface area contributed by atoms with E-state index < -0.39 is 0 Å². The van der Waals surface area contributed by atoms with Gasteiger partial charge in [-0.25, -0.2) is 0 Å². The lowest BCUT2D eigenvalue weighted by Crippen LogP contribution is -2.41. The van der Waals surface area contributed by atoms with Gasteiger partial charge in [-0.15, -0.1) is 0 Å².